The molecular weight excluding hydrogens is 260 g/mol. The van der Waals surface area contributed by atoms with Crippen LogP contribution in [-0.4, -0.2) is 11.6 Å². The van der Waals surface area contributed by atoms with E-state index in [-0.39, 0.29) is 11.6 Å². The summed E-state index contributed by atoms with van der Waals surface area (Å²) in [5, 5.41) is 6.37. The van der Waals surface area contributed by atoms with E-state index in [1.165, 1.54) is 38.5 Å². The summed E-state index contributed by atoms with van der Waals surface area (Å²) in [6.07, 6.45) is 7.99. The van der Waals surface area contributed by atoms with Crippen LogP contribution >= 0.6 is 0 Å². The third kappa shape index (κ3) is 1.58. The summed E-state index contributed by atoms with van der Waals surface area (Å²) in [5.41, 5.74) is 1.60. The van der Waals surface area contributed by atoms with Crippen LogP contribution in [0.4, 0.5) is 10.5 Å². The van der Waals surface area contributed by atoms with Gasteiger partial charge in [-0.05, 0) is 73.8 Å². The van der Waals surface area contributed by atoms with Gasteiger partial charge in [-0.2, -0.15) is 0 Å². The molecule has 2 amide bonds. The number of carbonyl (C=O) groups is 1. The fraction of sp³-hybridized carbons (Fsp3) is 0.611. The van der Waals surface area contributed by atoms with E-state index in [4.69, 9.17) is 0 Å². The Hall–Kier alpha value is -1.51. The highest BCUT2D eigenvalue weighted by Crippen LogP contribution is 2.76. The van der Waals surface area contributed by atoms with Crippen molar-refractivity contribution >= 4 is 11.7 Å². The Morgan fingerprint density at radius 3 is 2.76 bits per heavy atom. The smallest absolute Gasteiger partial charge is 0.319 e. The lowest BCUT2D eigenvalue weighted by molar-refractivity contribution is -0.000471. The predicted molar refractivity (Wildman–Crippen MR) is 81.9 cm³/mol. The molecule has 110 valence electrons. The van der Waals surface area contributed by atoms with Crippen LogP contribution < -0.4 is 10.6 Å². The highest BCUT2D eigenvalue weighted by atomic mass is 16.2. The number of fused-ring (bicyclic) bond motifs is 2. The first-order valence-corrected chi connectivity index (χ1v) is 8.32. The zero-order valence-electron chi connectivity index (χ0n) is 12.3. The summed E-state index contributed by atoms with van der Waals surface area (Å²) in [7, 11) is 0. The molecule has 2 N–H and O–H groups in total. The van der Waals surface area contributed by atoms with Crippen molar-refractivity contribution in [3.05, 3.63) is 30.3 Å². The lowest BCUT2D eigenvalue weighted by Gasteiger charge is -2.49. The van der Waals surface area contributed by atoms with Crippen molar-refractivity contribution in [3.8, 4) is 0 Å². The lowest BCUT2D eigenvalue weighted by Crippen LogP contribution is -2.51. The van der Waals surface area contributed by atoms with Crippen molar-refractivity contribution in [2.75, 3.05) is 5.32 Å². The van der Waals surface area contributed by atoms with Crippen molar-refractivity contribution in [2.45, 2.75) is 44.1 Å². The van der Waals surface area contributed by atoms with Crippen LogP contribution in [0.5, 0.6) is 0 Å². The Morgan fingerprint density at radius 2 is 1.90 bits per heavy atom. The molecule has 0 saturated heterocycles. The molecule has 0 heterocycles. The number of amides is 2. The first kappa shape index (κ1) is 12.1. The summed E-state index contributed by atoms with van der Waals surface area (Å²) in [4.78, 5) is 12.4. The molecule has 1 spiro atoms. The van der Waals surface area contributed by atoms with E-state index in [1.54, 1.807) is 0 Å². The minimum Gasteiger partial charge on any atom is -0.332 e. The fourth-order valence-corrected chi connectivity index (χ4v) is 6.43. The van der Waals surface area contributed by atoms with Crippen molar-refractivity contribution in [2.24, 2.45) is 23.2 Å². The van der Waals surface area contributed by atoms with Gasteiger partial charge in [-0.25, -0.2) is 4.79 Å². The summed E-state index contributed by atoms with van der Waals surface area (Å²) < 4.78 is 0. The molecule has 3 bridgehead atoms. The van der Waals surface area contributed by atoms with Gasteiger partial charge in [-0.1, -0.05) is 18.2 Å². The summed E-state index contributed by atoms with van der Waals surface area (Å²) in [6, 6.07) is 9.73. The molecule has 1 aromatic carbocycles. The standard InChI is InChI=1S/C18H22N2O/c21-16(19-15-4-2-1-3-5-15)20-17-8-12-6-13-7-14(10-17)18(13,9-12)11-17/h1-5,12-14H,6-11H2,(H2,19,20,21). The van der Waals surface area contributed by atoms with E-state index in [0.717, 1.165) is 23.4 Å². The van der Waals surface area contributed by atoms with Crippen LogP contribution in [0.25, 0.3) is 0 Å². The van der Waals surface area contributed by atoms with E-state index in [0.29, 0.717) is 5.41 Å². The van der Waals surface area contributed by atoms with Crippen LogP contribution in [0.1, 0.15) is 38.5 Å². The molecule has 0 radical (unpaired) electrons. The second-order valence-electron chi connectivity index (χ2n) is 7.98. The Bertz CT molecular complexity index is 596. The van der Waals surface area contributed by atoms with Gasteiger partial charge in [-0.3, -0.25) is 0 Å². The molecule has 5 atom stereocenters. The minimum absolute atomic E-state index is 0.0169. The molecule has 4 saturated carbocycles. The van der Waals surface area contributed by atoms with Gasteiger partial charge in [0.2, 0.25) is 0 Å². The molecule has 3 nitrogen and oxygen atoms in total. The second kappa shape index (κ2) is 3.82. The van der Waals surface area contributed by atoms with Gasteiger partial charge in [0.15, 0.2) is 0 Å². The number of nitrogens with one attached hydrogen (secondary N) is 2. The minimum atomic E-state index is -0.0169. The number of carbonyl (C=O) groups excluding carboxylic acids is 1. The van der Waals surface area contributed by atoms with Crippen LogP contribution in [0.15, 0.2) is 30.3 Å². The Morgan fingerprint density at radius 1 is 1.05 bits per heavy atom. The molecule has 4 fully saturated rings. The zero-order valence-corrected chi connectivity index (χ0v) is 12.3. The highest BCUT2D eigenvalue weighted by Gasteiger charge is 2.71. The van der Waals surface area contributed by atoms with Crippen molar-refractivity contribution < 1.29 is 4.79 Å². The number of urea groups is 1. The molecule has 4 aliphatic rings. The third-order valence-corrected chi connectivity index (χ3v) is 6.88. The SMILES string of the molecule is O=C(Nc1ccccc1)NC12CC3CC4CC(C1)C4(C3)C2. The Labute approximate surface area is 125 Å². The molecule has 4 aliphatic carbocycles. The monoisotopic (exact) mass is 282 g/mol. The van der Waals surface area contributed by atoms with Gasteiger partial charge in [0.1, 0.15) is 0 Å². The average molecular weight is 282 g/mol. The first-order valence-electron chi connectivity index (χ1n) is 8.32. The van der Waals surface area contributed by atoms with E-state index < -0.39 is 0 Å². The summed E-state index contributed by atoms with van der Waals surface area (Å²) in [6.45, 7) is 0. The maximum absolute atomic E-state index is 12.4. The molecule has 5 rings (SSSR count). The molecule has 0 aliphatic heterocycles. The normalized spacial score (nSPS) is 45.0. The predicted octanol–water partition coefficient (Wildman–Crippen LogP) is 3.78. The summed E-state index contributed by atoms with van der Waals surface area (Å²) in [5.74, 6) is 2.75. The average Bonchev–Trinajstić information content (AvgIpc) is 2.75. The second-order valence-corrected chi connectivity index (χ2v) is 7.98. The van der Waals surface area contributed by atoms with E-state index in [2.05, 4.69) is 10.6 Å². The van der Waals surface area contributed by atoms with Crippen LogP contribution in [0, 0.1) is 23.2 Å². The van der Waals surface area contributed by atoms with Crippen LogP contribution in [0.3, 0.4) is 0 Å². The quantitative estimate of drug-likeness (QED) is 0.851. The molecule has 1 aromatic rings. The number of rotatable bonds is 2. The summed E-state index contributed by atoms with van der Waals surface area (Å²) >= 11 is 0. The van der Waals surface area contributed by atoms with Gasteiger partial charge < -0.3 is 10.6 Å². The van der Waals surface area contributed by atoms with E-state index in [1.807, 2.05) is 30.3 Å². The van der Waals surface area contributed by atoms with E-state index in [9.17, 15) is 4.79 Å². The van der Waals surface area contributed by atoms with Gasteiger partial charge in [0.25, 0.3) is 0 Å². The number of anilines is 1. The lowest BCUT2D eigenvalue weighted by atomic mass is 9.56. The first-order chi connectivity index (χ1) is 10.2. The van der Waals surface area contributed by atoms with Gasteiger partial charge >= 0.3 is 6.03 Å². The van der Waals surface area contributed by atoms with Crippen LogP contribution in [0.2, 0.25) is 0 Å². The number of hydrogen-bond donors (Lipinski definition) is 2. The topological polar surface area (TPSA) is 41.1 Å². The molecule has 0 aromatic heterocycles. The maximum Gasteiger partial charge on any atom is 0.319 e. The molecular formula is C18H22N2O. The Kier molecular flexibility index (Phi) is 2.20. The van der Waals surface area contributed by atoms with Crippen molar-refractivity contribution in [1.82, 2.24) is 5.32 Å². The van der Waals surface area contributed by atoms with Gasteiger partial charge in [0.05, 0.1) is 0 Å². The number of hydrogen-bond acceptors (Lipinski definition) is 1. The Balaban J connectivity index is 1.34. The number of benzene rings is 1. The van der Waals surface area contributed by atoms with Crippen molar-refractivity contribution in [1.29, 1.82) is 0 Å². The van der Waals surface area contributed by atoms with Gasteiger partial charge in [0, 0.05) is 11.2 Å². The number of para-hydroxylation sites is 1. The fourth-order valence-electron chi connectivity index (χ4n) is 6.43. The molecule has 21 heavy (non-hydrogen) atoms. The molecule has 3 heteroatoms. The largest absolute Gasteiger partial charge is 0.332 e. The van der Waals surface area contributed by atoms with E-state index >= 15 is 0 Å². The van der Waals surface area contributed by atoms with Crippen LogP contribution in [-0.2, 0) is 0 Å². The van der Waals surface area contributed by atoms with Crippen molar-refractivity contribution in [3.63, 3.8) is 0 Å². The van der Waals surface area contributed by atoms with Gasteiger partial charge in [-0.15, -0.1) is 0 Å². The molecule has 5 unspecified atom stereocenters. The zero-order chi connectivity index (χ0) is 14.1. The maximum atomic E-state index is 12.4. The highest BCUT2D eigenvalue weighted by molar-refractivity contribution is 5.89. The third-order valence-electron chi connectivity index (χ3n) is 6.88.